The normalized spacial score (nSPS) is 21.4. The van der Waals surface area contributed by atoms with Crippen LogP contribution in [0.15, 0.2) is 24.3 Å². The molecule has 1 atom stereocenters. The number of benzene rings is 1. The minimum Gasteiger partial charge on any atom is -0.295 e. The zero-order chi connectivity index (χ0) is 13.2. The molecule has 1 heterocycles. The van der Waals surface area contributed by atoms with E-state index in [1.54, 1.807) is 6.07 Å². The van der Waals surface area contributed by atoms with Gasteiger partial charge in [0, 0.05) is 18.5 Å². The number of hydrogen-bond donors (Lipinski definition) is 0. The van der Waals surface area contributed by atoms with Gasteiger partial charge in [0.15, 0.2) is 0 Å². The number of halogens is 4. The number of hydrogen-bond acceptors (Lipinski definition) is 1. The minimum atomic E-state index is -4.27. The molecule has 0 N–H and O–H groups in total. The Balaban J connectivity index is 2.10. The number of nitrogens with zero attached hydrogens (tertiary/aromatic N) is 1. The SMILES string of the molecule is FC(F)(F)c1cccc(CN2CCCC2CCl)c1. The second-order valence-corrected chi connectivity index (χ2v) is 4.93. The number of alkyl halides is 4. The second-order valence-electron chi connectivity index (χ2n) is 4.62. The lowest BCUT2D eigenvalue weighted by atomic mass is 10.1. The van der Waals surface area contributed by atoms with Gasteiger partial charge in [0.1, 0.15) is 0 Å². The van der Waals surface area contributed by atoms with Crippen LogP contribution in [0.2, 0.25) is 0 Å². The van der Waals surface area contributed by atoms with Gasteiger partial charge in [-0.25, -0.2) is 0 Å². The topological polar surface area (TPSA) is 3.24 Å². The molecule has 0 spiro atoms. The van der Waals surface area contributed by atoms with Gasteiger partial charge in [-0.1, -0.05) is 18.2 Å². The Morgan fingerprint density at radius 3 is 2.78 bits per heavy atom. The smallest absolute Gasteiger partial charge is 0.295 e. The summed E-state index contributed by atoms with van der Waals surface area (Å²) >= 11 is 5.85. The van der Waals surface area contributed by atoms with Crippen molar-refractivity contribution >= 4 is 11.6 Å². The molecule has 1 fully saturated rings. The van der Waals surface area contributed by atoms with Crippen LogP contribution < -0.4 is 0 Å². The summed E-state index contributed by atoms with van der Waals surface area (Å²) in [4.78, 5) is 2.16. The van der Waals surface area contributed by atoms with Crippen molar-refractivity contribution in [2.75, 3.05) is 12.4 Å². The lowest BCUT2D eigenvalue weighted by molar-refractivity contribution is -0.137. The highest BCUT2D eigenvalue weighted by atomic mass is 35.5. The van der Waals surface area contributed by atoms with Crippen molar-refractivity contribution in [2.24, 2.45) is 0 Å². The molecule has 1 aromatic carbocycles. The number of likely N-dealkylation sites (tertiary alicyclic amines) is 1. The molecule has 1 saturated heterocycles. The Kier molecular flexibility index (Phi) is 4.17. The molecule has 1 aromatic rings. The van der Waals surface area contributed by atoms with Crippen LogP contribution in [0, 0.1) is 0 Å². The molecule has 0 radical (unpaired) electrons. The van der Waals surface area contributed by atoms with E-state index in [2.05, 4.69) is 4.90 Å². The number of rotatable bonds is 3. The summed E-state index contributed by atoms with van der Waals surface area (Å²) in [5.74, 6) is 0.541. The maximum atomic E-state index is 12.6. The van der Waals surface area contributed by atoms with E-state index in [-0.39, 0.29) is 0 Å². The zero-order valence-corrected chi connectivity index (χ0v) is 10.6. The Morgan fingerprint density at radius 1 is 1.33 bits per heavy atom. The van der Waals surface area contributed by atoms with Crippen molar-refractivity contribution < 1.29 is 13.2 Å². The molecule has 1 nitrogen and oxygen atoms in total. The first-order chi connectivity index (χ1) is 8.50. The first kappa shape index (κ1) is 13.7. The average Bonchev–Trinajstić information content (AvgIpc) is 2.75. The molecule has 0 saturated carbocycles. The van der Waals surface area contributed by atoms with Gasteiger partial charge in [-0.05, 0) is 31.0 Å². The Labute approximate surface area is 110 Å². The third-order valence-corrected chi connectivity index (χ3v) is 3.67. The summed E-state index contributed by atoms with van der Waals surface area (Å²) < 4.78 is 37.8. The van der Waals surface area contributed by atoms with Gasteiger partial charge in [0.25, 0.3) is 0 Å². The van der Waals surface area contributed by atoms with E-state index < -0.39 is 11.7 Å². The molecule has 1 aliphatic heterocycles. The summed E-state index contributed by atoms with van der Waals surface area (Å²) in [5.41, 5.74) is 0.114. The Morgan fingerprint density at radius 2 is 2.11 bits per heavy atom. The van der Waals surface area contributed by atoms with Crippen LogP contribution in [-0.4, -0.2) is 23.4 Å². The van der Waals surface area contributed by atoms with Crippen LogP contribution in [0.1, 0.15) is 24.0 Å². The summed E-state index contributed by atoms with van der Waals surface area (Å²) in [6.45, 7) is 1.45. The highest BCUT2D eigenvalue weighted by Gasteiger charge is 2.31. The fourth-order valence-electron chi connectivity index (χ4n) is 2.36. The van der Waals surface area contributed by atoms with Gasteiger partial charge in [-0.15, -0.1) is 11.6 Å². The van der Waals surface area contributed by atoms with Crippen molar-refractivity contribution in [1.29, 1.82) is 0 Å². The standard InChI is InChI=1S/C13H15ClF3N/c14-8-12-5-2-6-18(12)9-10-3-1-4-11(7-10)13(15,16)17/h1,3-4,7,12H,2,5-6,8-9H2. The summed E-state index contributed by atoms with van der Waals surface area (Å²) in [6.07, 6.45) is -2.17. The second kappa shape index (κ2) is 5.49. The van der Waals surface area contributed by atoms with Crippen molar-refractivity contribution in [3.8, 4) is 0 Å². The summed E-state index contributed by atoms with van der Waals surface area (Å²) in [6, 6.07) is 5.82. The van der Waals surface area contributed by atoms with E-state index in [9.17, 15) is 13.2 Å². The van der Waals surface area contributed by atoms with E-state index in [4.69, 9.17) is 11.6 Å². The fourth-order valence-corrected chi connectivity index (χ4v) is 2.71. The molecule has 0 aromatic heterocycles. The molecule has 5 heteroatoms. The molecule has 2 rings (SSSR count). The van der Waals surface area contributed by atoms with Crippen molar-refractivity contribution in [3.05, 3.63) is 35.4 Å². The van der Waals surface area contributed by atoms with Crippen molar-refractivity contribution in [3.63, 3.8) is 0 Å². The third-order valence-electron chi connectivity index (χ3n) is 3.32. The summed E-state index contributed by atoms with van der Waals surface area (Å²) in [5, 5.41) is 0. The molecule has 0 bridgehead atoms. The van der Waals surface area contributed by atoms with E-state index >= 15 is 0 Å². The third kappa shape index (κ3) is 3.18. The molecule has 1 unspecified atom stereocenters. The molecule has 0 amide bonds. The van der Waals surface area contributed by atoms with Gasteiger partial charge in [-0.2, -0.15) is 13.2 Å². The first-order valence-corrected chi connectivity index (χ1v) is 6.50. The van der Waals surface area contributed by atoms with Gasteiger partial charge < -0.3 is 0 Å². The van der Waals surface area contributed by atoms with E-state index in [1.165, 1.54) is 12.1 Å². The maximum Gasteiger partial charge on any atom is 0.416 e. The van der Waals surface area contributed by atoms with E-state index in [0.29, 0.717) is 24.0 Å². The Bertz CT molecular complexity index is 405. The van der Waals surface area contributed by atoms with E-state index in [1.807, 2.05) is 0 Å². The van der Waals surface area contributed by atoms with Crippen LogP contribution in [0.25, 0.3) is 0 Å². The van der Waals surface area contributed by atoms with Gasteiger partial charge in [0.2, 0.25) is 0 Å². The monoisotopic (exact) mass is 277 g/mol. The van der Waals surface area contributed by atoms with Gasteiger partial charge >= 0.3 is 6.18 Å². The maximum absolute atomic E-state index is 12.6. The Hall–Kier alpha value is -0.740. The summed E-state index contributed by atoms with van der Waals surface area (Å²) in [7, 11) is 0. The molecule has 0 aliphatic carbocycles. The van der Waals surface area contributed by atoms with Crippen molar-refractivity contribution in [2.45, 2.75) is 31.6 Å². The lowest BCUT2D eigenvalue weighted by Gasteiger charge is -2.22. The largest absolute Gasteiger partial charge is 0.416 e. The van der Waals surface area contributed by atoms with Crippen LogP contribution in [-0.2, 0) is 12.7 Å². The molecular formula is C13H15ClF3N. The minimum absolute atomic E-state index is 0.293. The predicted molar refractivity (Wildman–Crippen MR) is 65.6 cm³/mol. The first-order valence-electron chi connectivity index (χ1n) is 5.97. The fraction of sp³-hybridized carbons (Fsp3) is 0.538. The molecular weight excluding hydrogens is 263 g/mol. The predicted octanol–water partition coefficient (Wildman–Crippen LogP) is 3.91. The highest BCUT2D eigenvalue weighted by Crippen LogP contribution is 2.30. The van der Waals surface area contributed by atoms with Crippen LogP contribution >= 0.6 is 11.6 Å². The van der Waals surface area contributed by atoms with Crippen LogP contribution in [0.3, 0.4) is 0 Å². The van der Waals surface area contributed by atoms with Gasteiger partial charge in [-0.3, -0.25) is 4.90 Å². The average molecular weight is 278 g/mol. The van der Waals surface area contributed by atoms with E-state index in [0.717, 1.165) is 25.5 Å². The lowest BCUT2D eigenvalue weighted by Crippen LogP contribution is -2.30. The highest BCUT2D eigenvalue weighted by molar-refractivity contribution is 6.18. The van der Waals surface area contributed by atoms with Crippen molar-refractivity contribution in [1.82, 2.24) is 4.90 Å². The van der Waals surface area contributed by atoms with Crippen LogP contribution in [0.4, 0.5) is 13.2 Å². The molecule has 1 aliphatic rings. The van der Waals surface area contributed by atoms with Crippen LogP contribution in [0.5, 0.6) is 0 Å². The quantitative estimate of drug-likeness (QED) is 0.757. The van der Waals surface area contributed by atoms with Gasteiger partial charge in [0.05, 0.1) is 5.56 Å². The molecule has 100 valence electrons. The zero-order valence-electron chi connectivity index (χ0n) is 9.88. The molecule has 18 heavy (non-hydrogen) atoms.